The van der Waals surface area contributed by atoms with Crippen LogP contribution in [0.3, 0.4) is 0 Å². The van der Waals surface area contributed by atoms with Gasteiger partial charge in [-0.05, 0) is 66.1 Å². The van der Waals surface area contributed by atoms with Crippen LogP contribution in [-0.2, 0) is 58.0 Å². The third-order valence-corrected chi connectivity index (χ3v) is 8.14. The normalized spacial score (nSPS) is 18.9. The van der Waals surface area contributed by atoms with Crippen molar-refractivity contribution < 1.29 is 68.9 Å². The number of hydrogen-bond donors (Lipinski definition) is 2. The molecule has 272 valence electrons. The number of esters is 1. The maximum atomic E-state index is 14.0. The van der Waals surface area contributed by atoms with E-state index in [9.17, 15) is 44.7 Å². The van der Waals surface area contributed by atoms with E-state index in [1.807, 2.05) is 42.9 Å². The Bertz CT molecular complexity index is 1480. The topological polar surface area (TPSA) is 95.9 Å². The number of benzene rings is 2. The molecule has 0 bridgehead atoms. The van der Waals surface area contributed by atoms with E-state index in [2.05, 4.69) is 5.32 Å². The van der Waals surface area contributed by atoms with Crippen molar-refractivity contribution in [3.8, 4) is 5.75 Å². The van der Waals surface area contributed by atoms with Crippen LogP contribution in [0.25, 0.3) is 0 Å². The predicted molar refractivity (Wildman–Crippen MR) is 173 cm³/mol. The Hall–Kier alpha value is -2.95. The second-order valence-electron chi connectivity index (χ2n) is 11.7. The van der Waals surface area contributed by atoms with Crippen molar-refractivity contribution in [1.82, 2.24) is 10.2 Å². The van der Waals surface area contributed by atoms with Gasteiger partial charge in [0.05, 0.1) is 7.11 Å². The molecule has 2 aromatic rings. The molecule has 2 atom stereocenters. The van der Waals surface area contributed by atoms with Gasteiger partial charge in [0.15, 0.2) is 0 Å². The summed E-state index contributed by atoms with van der Waals surface area (Å²) in [7, 11) is -9.34. The average molecular weight is 824 g/mol. The molecule has 1 heterocycles. The summed E-state index contributed by atoms with van der Waals surface area (Å²) >= 11 is 5.95. The Balaban J connectivity index is 0.000000543. The largest absolute Gasteiger partial charge is 1.00 e. The Kier molecular flexibility index (Phi) is 14.9. The summed E-state index contributed by atoms with van der Waals surface area (Å²) in [6, 6.07) is 10.9. The summed E-state index contributed by atoms with van der Waals surface area (Å²) in [5.41, 5.74) is 2.68. The van der Waals surface area contributed by atoms with Gasteiger partial charge in [0, 0.05) is 30.8 Å². The first-order valence-corrected chi connectivity index (χ1v) is 17.7. The minimum atomic E-state index is -10.7. The molecule has 3 aliphatic rings. The molecule has 0 saturated heterocycles. The minimum Gasteiger partial charge on any atom is -0.0767 e. The van der Waals surface area contributed by atoms with Crippen LogP contribution in [0.4, 0.5) is 25.2 Å². The number of aromatic hydroxyl groups is 1. The quantitative estimate of drug-likeness (QED) is 0.126. The van der Waals surface area contributed by atoms with Gasteiger partial charge in [0.25, 0.3) is 0 Å². The molecule has 49 heavy (non-hydrogen) atoms. The first kappa shape index (κ1) is 42.2. The molecule has 5 rings (SSSR count). The van der Waals surface area contributed by atoms with E-state index in [0.717, 1.165) is 48.8 Å². The number of nitrogens with zero attached hydrogens (tertiary/aromatic N) is 1. The van der Waals surface area contributed by atoms with Crippen LogP contribution in [0.15, 0.2) is 66.8 Å². The van der Waals surface area contributed by atoms with Gasteiger partial charge >= 0.3 is 58.4 Å². The minimum absolute atomic E-state index is 0. The van der Waals surface area contributed by atoms with Gasteiger partial charge in [-0.15, -0.1) is 0 Å². The maximum absolute atomic E-state index is 14.0. The summed E-state index contributed by atoms with van der Waals surface area (Å²) < 4.78 is 64.2. The molecule has 1 aliphatic heterocycles. The van der Waals surface area contributed by atoms with Crippen molar-refractivity contribution in [1.29, 1.82) is 0 Å². The Morgan fingerprint density at radius 3 is 2.06 bits per heavy atom. The third-order valence-electron chi connectivity index (χ3n) is 7.89. The van der Waals surface area contributed by atoms with Crippen LogP contribution in [0, 0.1) is 12.3 Å². The first-order chi connectivity index (χ1) is 22.3. The van der Waals surface area contributed by atoms with Gasteiger partial charge in [0.2, 0.25) is 11.8 Å². The van der Waals surface area contributed by atoms with E-state index >= 15 is 0 Å². The van der Waals surface area contributed by atoms with E-state index in [-0.39, 0.29) is 55.9 Å². The molecule has 0 spiro atoms. The van der Waals surface area contributed by atoms with Gasteiger partial charge in [0.1, 0.15) is 17.8 Å². The Labute approximate surface area is 299 Å². The fraction of sp³-hybridized carbons (Fsp3) is 0.394. The van der Waals surface area contributed by atoms with Crippen molar-refractivity contribution in [3.63, 3.8) is 0 Å². The number of aryl methyl sites for hydroxylation is 1. The molecule has 2 aromatic carbocycles. The van der Waals surface area contributed by atoms with E-state index in [1.54, 1.807) is 30.3 Å². The SMILES string of the molecule is COC(=O)[C@@H]1Cc2ccc(O)cc2CN1C(=O)[C@@H](NC(=O)CCc1ccc(Cl)cc1)C1CCCCC1.F[P-](F)(F)(F)(F)F.[CH]1C=CC=C1.[Ru+]. The van der Waals surface area contributed by atoms with Crippen LogP contribution >= 0.6 is 19.4 Å². The molecule has 0 unspecified atom stereocenters. The second kappa shape index (κ2) is 17.3. The number of ether oxygens (including phenoxy) is 1. The smallest absolute Gasteiger partial charge is 0.0767 e. The van der Waals surface area contributed by atoms with Crippen molar-refractivity contribution in [3.05, 3.63) is 94.9 Å². The summed E-state index contributed by atoms with van der Waals surface area (Å²) in [5, 5.41) is 13.6. The number of amides is 2. The zero-order valence-corrected chi connectivity index (χ0v) is 29.9. The monoisotopic (exact) mass is 824 g/mol. The van der Waals surface area contributed by atoms with Gasteiger partial charge in [-0.2, -0.15) is 0 Å². The Morgan fingerprint density at radius 1 is 0.939 bits per heavy atom. The molecule has 1 fully saturated rings. The number of phenols is 1. The van der Waals surface area contributed by atoms with E-state index in [0.29, 0.717) is 17.9 Å². The number of methoxy groups -OCH3 is 1. The van der Waals surface area contributed by atoms with E-state index in [4.69, 9.17) is 16.3 Å². The van der Waals surface area contributed by atoms with Crippen LogP contribution < -0.4 is 5.32 Å². The summed E-state index contributed by atoms with van der Waals surface area (Å²) in [4.78, 5) is 41.2. The van der Waals surface area contributed by atoms with Crippen molar-refractivity contribution in [2.24, 2.45) is 5.92 Å². The zero-order valence-electron chi connectivity index (χ0n) is 26.5. The number of fused-ring (bicyclic) bond motifs is 1. The fourth-order valence-electron chi connectivity index (χ4n) is 5.65. The number of nitrogens with one attached hydrogen (secondary N) is 1. The molecular formula is C33H38ClF6N2O5PRu. The molecule has 2 amide bonds. The Morgan fingerprint density at radius 2 is 1.53 bits per heavy atom. The van der Waals surface area contributed by atoms with Crippen molar-refractivity contribution in [2.45, 2.75) is 70.0 Å². The van der Waals surface area contributed by atoms with Crippen LogP contribution in [0.5, 0.6) is 5.75 Å². The summed E-state index contributed by atoms with van der Waals surface area (Å²) in [5.74, 6) is -0.838. The molecule has 7 nitrogen and oxygen atoms in total. The van der Waals surface area contributed by atoms with Crippen LogP contribution in [0.1, 0.15) is 55.2 Å². The number of allylic oxidation sites excluding steroid dienone is 4. The first-order valence-electron chi connectivity index (χ1n) is 15.3. The molecular weight excluding hydrogens is 786 g/mol. The predicted octanol–water partition coefficient (Wildman–Crippen LogP) is 8.87. The number of carbonyl (C=O) groups is 3. The average Bonchev–Trinajstić information content (AvgIpc) is 3.62. The summed E-state index contributed by atoms with van der Waals surface area (Å²) in [6.45, 7) is 0.173. The van der Waals surface area contributed by atoms with Gasteiger partial charge < -0.3 is 20.1 Å². The molecule has 2 radical (unpaired) electrons. The second-order valence-corrected chi connectivity index (χ2v) is 14.0. The molecule has 1 saturated carbocycles. The number of phenolic OH excluding ortho intramolecular Hbond substituents is 1. The number of hydrogen-bond acceptors (Lipinski definition) is 5. The van der Waals surface area contributed by atoms with Crippen molar-refractivity contribution >= 4 is 37.2 Å². The van der Waals surface area contributed by atoms with Gasteiger partial charge in [-0.1, -0.05) is 73.4 Å². The maximum Gasteiger partial charge on any atom is 1.00 e. The molecule has 0 aromatic heterocycles. The summed E-state index contributed by atoms with van der Waals surface area (Å²) in [6.07, 6.45) is 15.9. The molecule has 2 aliphatic carbocycles. The van der Waals surface area contributed by atoms with E-state index in [1.165, 1.54) is 12.0 Å². The third kappa shape index (κ3) is 16.1. The molecule has 16 heteroatoms. The number of rotatable bonds is 7. The number of halogens is 7. The van der Waals surface area contributed by atoms with Gasteiger partial charge in [-0.3, -0.25) is 9.59 Å². The fourth-order valence-corrected chi connectivity index (χ4v) is 5.78. The standard InChI is InChI=1S/C28H33ClN2O5.C5H5.F6P.Ru/c1-36-28(35)24-16-20-10-13-23(32)15-21(20)17-31(24)27(34)26(19-5-3-2-4-6-19)30-25(33)14-9-18-7-11-22(29)12-8-18;1-2-4-5-3-1;1-7(2,3,4,5)6;/h7-8,10-13,15,19,24,26,32H,2-6,9,14,16-17H2,1H3,(H,30,33);1-5H;;/q;;-1;+1/t24-,26-;;;/m0.../s1. The molecule has 2 N–H and O–H groups in total. The number of carbonyl (C=O) groups excluding carboxylic acids is 3. The van der Waals surface area contributed by atoms with Crippen LogP contribution in [0.2, 0.25) is 5.02 Å². The van der Waals surface area contributed by atoms with Crippen molar-refractivity contribution in [2.75, 3.05) is 7.11 Å². The van der Waals surface area contributed by atoms with Crippen LogP contribution in [-0.4, -0.2) is 47.0 Å². The van der Waals surface area contributed by atoms with Gasteiger partial charge in [-0.25, -0.2) is 4.79 Å². The zero-order chi connectivity index (χ0) is 35.6. The van der Waals surface area contributed by atoms with E-state index < -0.39 is 25.9 Å².